The molecule has 1 heterocycles. The highest BCUT2D eigenvalue weighted by atomic mass is 32.2. The molecule has 0 aromatic heterocycles. The quantitative estimate of drug-likeness (QED) is 0.832. The molecule has 1 aliphatic rings. The maximum atomic E-state index is 13.0. The molecule has 0 bridgehead atoms. The number of phenolic OH excluding ortho intramolecular Hbond substituents is 1. The SMILES string of the molecule is CSC1(C(N)=S)CCN(C(=O)c2ccc(F)cc2O)CC1. The summed E-state index contributed by atoms with van der Waals surface area (Å²) in [6.45, 7) is 1.02. The standard InChI is InChI=1S/C14H17FN2O2S2/c1-21-14(13(16)20)4-6-17(7-5-14)12(19)10-3-2-9(15)8-11(10)18/h2-3,8,18H,4-7H2,1H3,(H2,16,20). The van der Waals surface area contributed by atoms with Gasteiger partial charge in [-0.1, -0.05) is 12.2 Å². The molecular weight excluding hydrogens is 311 g/mol. The number of nitrogens with two attached hydrogens (primary N) is 1. The number of hydrogen-bond donors (Lipinski definition) is 2. The number of carbonyl (C=O) groups is 1. The van der Waals surface area contributed by atoms with Crippen LogP contribution in [-0.4, -0.2) is 45.0 Å². The Bertz CT molecular complexity index is 572. The van der Waals surface area contributed by atoms with Crippen LogP contribution in [0, 0.1) is 5.82 Å². The van der Waals surface area contributed by atoms with E-state index in [9.17, 15) is 14.3 Å². The summed E-state index contributed by atoms with van der Waals surface area (Å²) in [5.41, 5.74) is 5.93. The lowest BCUT2D eigenvalue weighted by atomic mass is 9.95. The topological polar surface area (TPSA) is 66.6 Å². The fourth-order valence-corrected chi connectivity index (χ4v) is 3.72. The number of thioether (sulfide) groups is 1. The van der Waals surface area contributed by atoms with Gasteiger partial charge in [0.1, 0.15) is 11.6 Å². The zero-order valence-electron chi connectivity index (χ0n) is 11.6. The van der Waals surface area contributed by atoms with Gasteiger partial charge >= 0.3 is 0 Å². The third-order valence-electron chi connectivity index (χ3n) is 3.89. The molecule has 114 valence electrons. The van der Waals surface area contributed by atoms with E-state index in [-0.39, 0.29) is 22.0 Å². The van der Waals surface area contributed by atoms with Crippen molar-refractivity contribution in [3.8, 4) is 5.75 Å². The van der Waals surface area contributed by atoms with Crippen molar-refractivity contribution in [2.75, 3.05) is 19.3 Å². The van der Waals surface area contributed by atoms with E-state index < -0.39 is 5.82 Å². The molecule has 7 heteroatoms. The first-order chi connectivity index (χ1) is 9.89. The lowest BCUT2D eigenvalue weighted by Crippen LogP contribution is -2.50. The normalized spacial score (nSPS) is 17.5. The smallest absolute Gasteiger partial charge is 0.257 e. The van der Waals surface area contributed by atoms with Gasteiger partial charge in [0.15, 0.2) is 0 Å². The third kappa shape index (κ3) is 3.13. The van der Waals surface area contributed by atoms with Crippen molar-refractivity contribution in [1.29, 1.82) is 0 Å². The average Bonchev–Trinajstić information content (AvgIpc) is 2.46. The number of piperidine rings is 1. The second-order valence-corrected chi connectivity index (χ2v) is 6.65. The number of thiocarbonyl (C=S) groups is 1. The van der Waals surface area contributed by atoms with Gasteiger partial charge in [-0.2, -0.15) is 11.8 Å². The van der Waals surface area contributed by atoms with Crippen molar-refractivity contribution in [3.63, 3.8) is 0 Å². The largest absolute Gasteiger partial charge is 0.507 e. The van der Waals surface area contributed by atoms with Gasteiger partial charge in [-0.05, 0) is 31.2 Å². The van der Waals surface area contributed by atoms with Crippen LogP contribution in [0.1, 0.15) is 23.2 Å². The third-order valence-corrected chi connectivity index (χ3v) is 5.82. The highest BCUT2D eigenvalue weighted by molar-refractivity contribution is 8.02. The Hall–Kier alpha value is -1.34. The highest BCUT2D eigenvalue weighted by Crippen LogP contribution is 2.35. The Morgan fingerprint density at radius 3 is 2.57 bits per heavy atom. The number of halogens is 1. The van der Waals surface area contributed by atoms with E-state index in [0.29, 0.717) is 30.9 Å². The maximum absolute atomic E-state index is 13.0. The van der Waals surface area contributed by atoms with Gasteiger partial charge < -0.3 is 15.7 Å². The number of likely N-dealkylation sites (tertiary alicyclic amines) is 1. The summed E-state index contributed by atoms with van der Waals surface area (Å²) in [6.07, 6.45) is 3.32. The molecule has 3 N–H and O–H groups in total. The molecule has 1 fully saturated rings. The summed E-state index contributed by atoms with van der Waals surface area (Å²) in [4.78, 5) is 14.5. The van der Waals surface area contributed by atoms with Gasteiger partial charge in [0.25, 0.3) is 5.91 Å². The van der Waals surface area contributed by atoms with Crippen molar-refractivity contribution < 1.29 is 14.3 Å². The highest BCUT2D eigenvalue weighted by Gasteiger charge is 2.38. The second-order valence-electron chi connectivity index (χ2n) is 5.02. The lowest BCUT2D eigenvalue weighted by Gasteiger charge is -2.40. The van der Waals surface area contributed by atoms with Crippen LogP contribution in [0.15, 0.2) is 18.2 Å². The molecule has 0 saturated carbocycles. The summed E-state index contributed by atoms with van der Waals surface area (Å²) < 4.78 is 12.7. The number of phenols is 1. The van der Waals surface area contributed by atoms with Crippen molar-refractivity contribution in [1.82, 2.24) is 4.90 Å². The predicted octanol–water partition coefficient (Wildman–Crippen LogP) is 2.16. The van der Waals surface area contributed by atoms with Crippen LogP contribution in [0.2, 0.25) is 0 Å². The first-order valence-electron chi connectivity index (χ1n) is 6.52. The molecule has 0 atom stereocenters. The molecule has 0 spiro atoms. The molecule has 1 aromatic rings. The van der Waals surface area contributed by atoms with E-state index >= 15 is 0 Å². The van der Waals surface area contributed by atoms with Gasteiger partial charge in [-0.15, -0.1) is 0 Å². The van der Waals surface area contributed by atoms with E-state index in [1.54, 1.807) is 16.7 Å². The van der Waals surface area contributed by atoms with Gasteiger partial charge in [-0.3, -0.25) is 4.79 Å². The number of amides is 1. The molecule has 4 nitrogen and oxygen atoms in total. The number of aromatic hydroxyl groups is 1. The van der Waals surface area contributed by atoms with Gasteiger partial charge in [-0.25, -0.2) is 4.39 Å². The average molecular weight is 328 g/mol. The van der Waals surface area contributed by atoms with Crippen LogP contribution >= 0.6 is 24.0 Å². The zero-order chi connectivity index (χ0) is 15.6. The molecular formula is C14H17FN2O2S2. The van der Waals surface area contributed by atoms with Crippen LogP contribution in [0.4, 0.5) is 4.39 Å². The van der Waals surface area contributed by atoms with Gasteiger partial charge in [0.2, 0.25) is 0 Å². The van der Waals surface area contributed by atoms with E-state index in [0.717, 1.165) is 12.1 Å². The number of hydrogen-bond acceptors (Lipinski definition) is 4. The summed E-state index contributed by atoms with van der Waals surface area (Å²) >= 11 is 6.74. The van der Waals surface area contributed by atoms with Crippen LogP contribution in [0.5, 0.6) is 5.75 Å². The molecule has 0 aliphatic carbocycles. The van der Waals surface area contributed by atoms with Crippen LogP contribution in [-0.2, 0) is 0 Å². The number of benzene rings is 1. The molecule has 1 amide bonds. The molecule has 0 radical (unpaired) electrons. The Morgan fingerprint density at radius 2 is 2.10 bits per heavy atom. The summed E-state index contributed by atoms with van der Waals surface area (Å²) in [6, 6.07) is 3.41. The van der Waals surface area contributed by atoms with Crippen molar-refractivity contribution >= 4 is 34.9 Å². The minimum Gasteiger partial charge on any atom is -0.507 e. The maximum Gasteiger partial charge on any atom is 0.257 e. The molecule has 1 saturated heterocycles. The minimum absolute atomic E-state index is 0.114. The predicted molar refractivity (Wildman–Crippen MR) is 86.2 cm³/mol. The number of carbonyl (C=O) groups excluding carboxylic acids is 1. The Balaban J connectivity index is 2.12. The van der Waals surface area contributed by atoms with E-state index in [1.807, 2.05) is 6.26 Å². The fourth-order valence-electron chi connectivity index (χ4n) is 2.48. The van der Waals surface area contributed by atoms with Crippen molar-refractivity contribution in [3.05, 3.63) is 29.6 Å². The van der Waals surface area contributed by atoms with Crippen LogP contribution in [0.25, 0.3) is 0 Å². The fraction of sp³-hybridized carbons (Fsp3) is 0.429. The lowest BCUT2D eigenvalue weighted by molar-refractivity contribution is 0.0716. The summed E-state index contributed by atoms with van der Waals surface area (Å²) in [7, 11) is 0. The zero-order valence-corrected chi connectivity index (χ0v) is 13.3. The molecule has 0 unspecified atom stereocenters. The van der Waals surface area contributed by atoms with E-state index in [2.05, 4.69) is 0 Å². The molecule has 2 rings (SSSR count). The molecule has 21 heavy (non-hydrogen) atoms. The van der Waals surface area contributed by atoms with Crippen molar-refractivity contribution in [2.24, 2.45) is 5.73 Å². The Labute approximate surface area is 132 Å². The second kappa shape index (κ2) is 6.19. The van der Waals surface area contributed by atoms with Crippen LogP contribution in [0.3, 0.4) is 0 Å². The van der Waals surface area contributed by atoms with Crippen LogP contribution < -0.4 is 5.73 Å². The van der Waals surface area contributed by atoms with Crippen molar-refractivity contribution in [2.45, 2.75) is 17.6 Å². The monoisotopic (exact) mass is 328 g/mol. The van der Waals surface area contributed by atoms with E-state index in [4.69, 9.17) is 18.0 Å². The summed E-state index contributed by atoms with van der Waals surface area (Å²) in [5, 5.41) is 9.70. The Kier molecular flexibility index (Phi) is 4.73. The molecule has 1 aliphatic heterocycles. The first-order valence-corrected chi connectivity index (χ1v) is 8.16. The Morgan fingerprint density at radius 1 is 1.48 bits per heavy atom. The minimum atomic E-state index is -0.572. The number of nitrogens with zero attached hydrogens (tertiary/aromatic N) is 1. The molecule has 1 aromatic carbocycles. The van der Waals surface area contributed by atoms with E-state index in [1.165, 1.54) is 6.07 Å². The first kappa shape index (κ1) is 16.0. The van der Waals surface area contributed by atoms with Gasteiger partial charge in [0, 0.05) is 19.2 Å². The number of rotatable bonds is 3. The summed E-state index contributed by atoms with van der Waals surface area (Å²) in [5.74, 6) is -1.21. The van der Waals surface area contributed by atoms with Gasteiger partial charge in [0.05, 0.1) is 15.3 Å².